The van der Waals surface area contributed by atoms with Gasteiger partial charge in [-0.1, -0.05) is 36.4 Å². The molecule has 1 atom stereocenters. The lowest BCUT2D eigenvalue weighted by molar-refractivity contribution is -0.137. The number of hydrogen-bond acceptors (Lipinski definition) is 5. The van der Waals surface area contributed by atoms with Crippen LogP contribution in [0.5, 0.6) is 0 Å². The van der Waals surface area contributed by atoms with Crippen LogP contribution >= 0.6 is 0 Å². The number of carboxylic acid groups (broad SMARTS) is 1. The minimum absolute atomic E-state index is 0.0169. The van der Waals surface area contributed by atoms with E-state index in [0.717, 1.165) is 21.5 Å². The van der Waals surface area contributed by atoms with Gasteiger partial charge in [0.25, 0.3) is 5.56 Å². The van der Waals surface area contributed by atoms with E-state index in [0.29, 0.717) is 16.7 Å². The number of carbonyl (C=O) groups is 1. The fraction of sp³-hybridized carbons (Fsp3) is 0.115. The largest absolute Gasteiger partial charge is 0.480 e. The Labute approximate surface area is 197 Å². The molecular formula is C26H19F2N3O4. The molecule has 7 nitrogen and oxygen atoms in total. The van der Waals surface area contributed by atoms with E-state index in [1.807, 2.05) is 24.3 Å². The molecule has 0 aliphatic rings. The van der Waals surface area contributed by atoms with E-state index in [2.05, 4.69) is 10.3 Å². The third kappa shape index (κ3) is 4.12. The highest BCUT2D eigenvalue weighted by atomic mass is 19.1. The van der Waals surface area contributed by atoms with Crippen molar-refractivity contribution in [3.63, 3.8) is 0 Å². The first-order chi connectivity index (χ1) is 17.0. The Morgan fingerprint density at radius 1 is 1.06 bits per heavy atom. The van der Waals surface area contributed by atoms with Crippen molar-refractivity contribution in [1.82, 2.24) is 9.55 Å². The minimum atomic E-state index is -1.30. The van der Waals surface area contributed by atoms with Crippen LogP contribution in [0.4, 0.5) is 14.5 Å². The number of aliphatic carboxylic acids is 1. The Bertz CT molecular complexity index is 1630. The van der Waals surface area contributed by atoms with Crippen LogP contribution in [-0.4, -0.2) is 27.3 Å². The van der Waals surface area contributed by atoms with Crippen LogP contribution < -0.4 is 10.9 Å². The number of carboxylic acids is 1. The van der Waals surface area contributed by atoms with Gasteiger partial charge in [-0.15, -0.1) is 0 Å². The van der Waals surface area contributed by atoms with E-state index < -0.39 is 36.6 Å². The molecular weight excluding hydrogens is 456 g/mol. The third-order valence-electron chi connectivity index (χ3n) is 5.74. The SMILES string of the molecule is O=C(O)Cn1c(-c2ccccc2F)ncc(N[C@H](CF)c2ccc3oc4ccccc4c3c2)c1=O. The summed E-state index contributed by atoms with van der Waals surface area (Å²) >= 11 is 0. The summed E-state index contributed by atoms with van der Waals surface area (Å²) in [5.74, 6) is -2.09. The van der Waals surface area contributed by atoms with Crippen LogP contribution in [0.3, 0.4) is 0 Å². The van der Waals surface area contributed by atoms with Gasteiger partial charge >= 0.3 is 5.97 Å². The second-order valence-electron chi connectivity index (χ2n) is 7.97. The van der Waals surface area contributed by atoms with Gasteiger partial charge in [0.15, 0.2) is 0 Å². The number of rotatable bonds is 7. The van der Waals surface area contributed by atoms with Crippen molar-refractivity contribution < 1.29 is 23.1 Å². The van der Waals surface area contributed by atoms with E-state index >= 15 is 0 Å². The molecule has 0 aliphatic heterocycles. The number of alkyl halides is 1. The average molecular weight is 475 g/mol. The summed E-state index contributed by atoms with van der Waals surface area (Å²) in [6.45, 7) is -1.59. The summed E-state index contributed by atoms with van der Waals surface area (Å²) in [6.07, 6.45) is 1.16. The van der Waals surface area contributed by atoms with Crippen LogP contribution in [0.1, 0.15) is 11.6 Å². The lowest BCUT2D eigenvalue weighted by atomic mass is 10.0. The quantitative estimate of drug-likeness (QED) is 0.338. The number of furan rings is 1. The predicted octanol–water partition coefficient (Wildman–Crippen LogP) is 5.16. The Hall–Kier alpha value is -4.53. The van der Waals surface area contributed by atoms with Gasteiger partial charge in [-0.3, -0.25) is 14.2 Å². The van der Waals surface area contributed by atoms with Crippen LogP contribution in [0.25, 0.3) is 33.3 Å². The molecule has 2 heterocycles. The summed E-state index contributed by atoms with van der Waals surface area (Å²) in [4.78, 5) is 28.8. The molecule has 0 amide bonds. The van der Waals surface area contributed by atoms with Crippen molar-refractivity contribution >= 4 is 33.6 Å². The summed E-state index contributed by atoms with van der Waals surface area (Å²) in [5.41, 5.74) is 1.03. The Kier molecular flexibility index (Phi) is 5.74. The highest BCUT2D eigenvalue weighted by Crippen LogP contribution is 2.31. The van der Waals surface area contributed by atoms with Crippen molar-refractivity contribution in [2.45, 2.75) is 12.6 Å². The monoisotopic (exact) mass is 475 g/mol. The summed E-state index contributed by atoms with van der Waals surface area (Å²) in [5, 5.41) is 13.8. The number of aromatic nitrogens is 2. The van der Waals surface area contributed by atoms with Gasteiger partial charge in [-0.2, -0.15) is 0 Å². The molecule has 0 saturated carbocycles. The molecule has 176 valence electrons. The van der Waals surface area contributed by atoms with E-state index in [1.165, 1.54) is 18.2 Å². The molecule has 9 heteroatoms. The predicted molar refractivity (Wildman–Crippen MR) is 128 cm³/mol. The fourth-order valence-electron chi connectivity index (χ4n) is 4.09. The van der Waals surface area contributed by atoms with Gasteiger partial charge in [0.2, 0.25) is 0 Å². The molecule has 0 fully saturated rings. The summed E-state index contributed by atoms with van der Waals surface area (Å²) < 4.78 is 35.2. The maximum atomic E-state index is 14.3. The maximum absolute atomic E-state index is 14.3. The fourth-order valence-corrected chi connectivity index (χ4v) is 4.09. The smallest absolute Gasteiger partial charge is 0.323 e. The number of benzene rings is 3. The topological polar surface area (TPSA) is 97.4 Å². The second kappa shape index (κ2) is 9.02. The van der Waals surface area contributed by atoms with Crippen molar-refractivity contribution in [2.24, 2.45) is 0 Å². The number of anilines is 1. The number of hydrogen-bond donors (Lipinski definition) is 2. The normalized spacial score (nSPS) is 12.2. The number of para-hydroxylation sites is 1. The average Bonchev–Trinajstić information content (AvgIpc) is 3.23. The van der Waals surface area contributed by atoms with Crippen LogP contribution in [0, 0.1) is 5.82 Å². The Morgan fingerprint density at radius 2 is 1.80 bits per heavy atom. The lowest BCUT2D eigenvalue weighted by Crippen LogP contribution is -2.30. The molecule has 5 rings (SSSR count). The first kappa shape index (κ1) is 22.3. The van der Waals surface area contributed by atoms with Gasteiger partial charge in [0, 0.05) is 10.8 Å². The van der Waals surface area contributed by atoms with Crippen molar-refractivity contribution in [3.8, 4) is 11.4 Å². The molecule has 0 aliphatic carbocycles. The Balaban J connectivity index is 1.55. The van der Waals surface area contributed by atoms with Crippen molar-refractivity contribution in [3.05, 3.63) is 94.7 Å². The van der Waals surface area contributed by atoms with E-state index in [-0.39, 0.29) is 17.1 Å². The summed E-state index contributed by atoms with van der Waals surface area (Å²) in [7, 11) is 0. The standard InChI is InChI=1S/C26H19F2N3O4/c27-12-20(15-9-10-23-18(11-15)16-5-2-4-8-22(16)35-23)30-21-13-29-25(17-6-1-3-7-19(17)28)31(26(21)34)14-24(32)33/h1-11,13,20,30H,12,14H2,(H,32,33)/t20-/m1/s1. The zero-order valence-corrected chi connectivity index (χ0v) is 18.2. The van der Waals surface area contributed by atoms with E-state index in [9.17, 15) is 23.5 Å². The number of halogens is 2. The highest BCUT2D eigenvalue weighted by molar-refractivity contribution is 6.05. The number of nitrogens with one attached hydrogen (secondary N) is 1. The highest BCUT2D eigenvalue weighted by Gasteiger charge is 2.20. The molecule has 2 aromatic heterocycles. The molecule has 5 aromatic rings. The first-order valence-corrected chi connectivity index (χ1v) is 10.8. The van der Waals surface area contributed by atoms with Crippen LogP contribution in [0.15, 0.2) is 82.1 Å². The van der Waals surface area contributed by atoms with Crippen molar-refractivity contribution in [2.75, 3.05) is 12.0 Å². The zero-order chi connectivity index (χ0) is 24.5. The Morgan fingerprint density at radius 3 is 2.57 bits per heavy atom. The second-order valence-corrected chi connectivity index (χ2v) is 7.97. The lowest BCUT2D eigenvalue weighted by Gasteiger charge is -2.19. The van der Waals surface area contributed by atoms with E-state index in [1.54, 1.807) is 24.3 Å². The zero-order valence-electron chi connectivity index (χ0n) is 18.2. The molecule has 2 N–H and O–H groups in total. The van der Waals surface area contributed by atoms with Gasteiger partial charge in [0.05, 0.1) is 17.8 Å². The molecule has 0 saturated heterocycles. The van der Waals surface area contributed by atoms with E-state index in [4.69, 9.17) is 4.42 Å². The molecule has 3 aromatic carbocycles. The van der Waals surface area contributed by atoms with Gasteiger partial charge < -0.3 is 14.8 Å². The third-order valence-corrected chi connectivity index (χ3v) is 5.74. The van der Waals surface area contributed by atoms with Crippen LogP contribution in [-0.2, 0) is 11.3 Å². The van der Waals surface area contributed by atoms with Gasteiger partial charge in [-0.05, 0) is 35.9 Å². The molecule has 0 unspecified atom stereocenters. The molecule has 0 spiro atoms. The van der Waals surface area contributed by atoms with Crippen LogP contribution in [0.2, 0.25) is 0 Å². The van der Waals surface area contributed by atoms with Gasteiger partial charge in [-0.25, -0.2) is 13.8 Å². The minimum Gasteiger partial charge on any atom is -0.480 e. The molecule has 0 radical (unpaired) electrons. The van der Waals surface area contributed by atoms with Crippen molar-refractivity contribution in [1.29, 1.82) is 0 Å². The molecule has 0 bridgehead atoms. The number of nitrogens with zero attached hydrogens (tertiary/aromatic N) is 2. The summed E-state index contributed by atoms with van der Waals surface area (Å²) in [6, 6.07) is 17.4. The van der Waals surface area contributed by atoms with Gasteiger partial charge in [0.1, 0.15) is 41.7 Å². The maximum Gasteiger partial charge on any atom is 0.323 e. The first-order valence-electron chi connectivity index (χ1n) is 10.8. The number of fused-ring (bicyclic) bond motifs is 3. The molecule has 35 heavy (non-hydrogen) atoms.